The summed E-state index contributed by atoms with van der Waals surface area (Å²) in [6, 6.07) is 4.95. The maximum absolute atomic E-state index is 11.4. The molecule has 98 valence electrons. The molecule has 0 saturated heterocycles. The van der Waals surface area contributed by atoms with E-state index in [9.17, 15) is 9.59 Å². The first kappa shape index (κ1) is 15.1. The van der Waals surface area contributed by atoms with E-state index in [-0.39, 0.29) is 5.75 Å². The Kier molecular flexibility index (Phi) is 5.78. The maximum atomic E-state index is 11.4. The summed E-state index contributed by atoms with van der Waals surface area (Å²) in [6.45, 7) is 1.41. The van der Waals surface area contributed by atoms with Gasteiger partial charge in [0.05, 0.1) is 10.8 Å². The fourth-order valence-electron chi connectivity index (χ4n) is 1.01. The molecule has 0 aliphatic rings. The number of primary amides is 1. The van der Waals surface area contributed by atoms with Gasteiger partial charge in [-0.25, -0.2) is 0 Å². The summed E-state index contributed by atoms with van der Waals surface area (Å²) in [5.74, 6) is -1.20. The lowest BCUT2D eigenvalue weighted by Crippen LogP contribution is -2.31. The van der Waals surface area contributed by atoms with Crippen LogP contribution in [0.15, 0.2) is 23.1 Å². The average molecular weight is 308 g/mol. The zero-order valence-corrected chi connectivity index (χ0v) is 11.8. The summed E-state index contributed by atoms with van der Waals surface area (Å²) in [4.78, 5) is 22.8. The third kappa shape index (κ3) is 4.76. The molecule has 0 saturated carbocycles. The Labute approximate surface area is 119 Å². The normalized spacial score (nSPS) is 11.9. The molecule has 4 nitrogen and oxygen atoms in total. The third-order valence-corrected chi connectivity index (χ3v) is 3.65. The Hall–Kier alpha value is -0.910. The van der Waals surface area contributed by atoms with Crippen molar-refractivity contribution in [3.05, 3.63) is 28.2 Å². The lowest BCUT2D eigenvalue weighted by atomic mass is 10.4. The van der Waals surface area contributed by atoms with Gasteiger partial charge >= 0.3 is 5.97 Å². The van der Waals surface area contributed by atoms with Gasteiger partial charge in [-0.3, -0.25) is 9.59 Å². The highest BCUT2D eigenvalue weighted by Crippen LogP contribution is 2.29. The van der Waals surface area contributed by atoms with Crippen molar-refractivity contribution in [2.24, 2.45) is 5.73 Å². The van der Waals surface area contributed by atoms with E-state index in [1.165, 1.54) is 18.7 Å². The second-order valence-corrected chi connectivity index (χ2v) is 5.26. The van der Waals surface area contributed by atoms with Crippen molar-refractivity contribution in [1.29, 1.82) is 0 Å². The highest BCUT2D eigenvalue weighted by molar-refractivity contribution is 8.00. The molecular formula is C11H11Cl2NO3S. The van der Waals surface area contributed by atoms with E-state index in [2.05, 4.69) is 0 Å². The topological polar surface area (TPSA) is 69.4 Å². The van der Waals surface area contributed by atoms with Gasteiger partial charge in [-0.2, -0.15) is 0 Å². The molecule has 0 radical (unpaired) electrons. The van der Waals surface area contributed by atoms with Crippen molar-refractivity contribution < 1.29 is 14.3 Å². The van der Waals surface area contributed by atoms with Gasteiger partial charge in [0.25, 0.3) is 5.91 Å². The van der Waals surface area contributed by atoms with E-state index in [1.54, 1.807) is 18.2 Å². The molecule has 1 aromatic carbocycles. The van der Waals surface area contributed by atoms with Crippen molar-refractivity contribution in [2.45, 2.75) is 17.9 Å². The van der Waals surface area contributed by atoms with Crippen LogP contribution in [-0.4, -0.2) is 23.7 Å². The van der Waals surface area contributed by atoms with Crippen LogP contribution < -0.4 is 5.73 Å². The molecule has 0 aliphatic carbocycles. The second kappa shape index (κ2) is 6.87. The maximum Gasteiger partial charge on any atom is 0.317 e. The number of thioether (sulfide) groups is 1. The van der Waals surface area contributed by atoms with Crippen LogP contribution in [0.4, 0.5) is 0 Å². The summed E-state index contributed by atoms with van der Waals surface area (Å²) in [7, 11) is 0. The predicted molar refractivity (Wildman–Crippen MR) is 71.9 cm³/mol. The van der Waals surface area contributed by atoms with Crippen LogP contribution in [0.3, 0.4) is 0 Å². The Morgan fingerprint density at radius 1 is 1.44 bits per heavy atom. The van der Waals surface area contributed by atoms with Gasteiger partial charge < -0.3 is 10.5 Å². The summed E-state index contributed by atoms with van der Waals surface area (Å²) >= 11 is 12.9. The number of nitrogens with two attached hydrogens (primary N) is 1. The zero-order chi connectivity index (χ0) is 13.7. The number of halogens is 2. The highest BCUT2D eigenvalue weighted by Gasteiger charge is 2.15. The first-order valence-corrected chi connectivity index (χ1v) is 6.71. The largest absolute Gasteiger partial charge is 0.452 e. The summed E-state index contributed by atoms with van der Waals surface area (Å²) in [5, 5.41) is 1.03. The summed E-state index contributed by atoms with van der Waals surface area (Å²) < 4.78 is 4.79. The van der Waals surface area contributed by atoms with Crippen LogP contribution in [0.25, 0.3) is 0 Å². The predicted octanol–water partition coefficient (Wildman–Crippen LogP) is 2.50. The number of hydrogen-bond acceptors (Lipinski definition) is 4. The van der Waals surface area contributed by atoms with Gasteiger partial charge in [0.2, 0.25) is 0 Å². The number of rotatable bonds is 5. The summed E-state index contributed by atoms with van der Waals surface area (Å²) in [5.41, 5.74) is 4.97. The number of hydrogen-bond donors (Lipinski definition) is 1. The number of carbonyl (C=O) groups excluding carboxylic acids is 2. The zero-order valence-electron chi connectivity index (χ0n) is 9.48. The van der Waals surface area contributed by atoms with E-state index in [0.717, 1.165) is 0 Å². The first-order valence-electron chi connectivity index (χ1n) is 4.97. The molecular weight excluding hydrogens is 297 g/mol. The number of carbonyl (C=O) groups is 2. The van der Waals surface area contributed by atoms with E-state index in [0.29, 0.717) is 14.9 Å². The number of amides is 1. The summed E-state index contributed by atoms with van der Waals surface area (Å²) in [6.07, 6.45) is -0.937. The lowest BCUT2D eigenvalue weighted by Gasteiger charge is -2.09. The molecule has 2 N–H and O–H groups in total. The Bertz CT molecular complexity index is 468. The molecule has 0 aliphatic heterocycles. The van der Waals surface area contributed by atoms with E-state index in [1.807, 2.05) is 0 Å². The molecule has 1 amide bonds. The smallest absolute Gasteiger partial charge is 0.317 e. The standard InChI is InChI=1S/C11H11Cl2NO3S/c1-6(11(14)16)17-10(15)5-18-9-4-7(12)2-3-8(9)13/h2-4,6H,5H2,1H3,(H2,14,16)/t6-/m1/s1. The second-order valence-electron chi connectivity index (χ2n) is 3.40. The van der Waals surface area contributed by atoms with Crippen LogP contribution in [-0.2, 0) is 14.3 Å². The van der Waals surface area contributed by atoms with Crippen LogP contribution in [0.5, 0.6) is 0 Å². The molecule has 0 bridgehead atoms. The molecule has 1 atom stereocenters. The molecule has 1 aromatic rings. The quantitative estimate of drug-likeness (QED) is 0.670. The number of benzene rings is 1. The monoisotopic (exact) mass is 307 g/mol. The highest BCUT2D eigenvalue weighted by atomic mass is 35.5. The van der Waals surface area contributed by atoms with Crippen LogP contribution >= 0.6 is 35.0 Å². The van der Waals surface area contributed by atoms with E-state index >= 15 is 0 Å². The third-order valence-electron chi connectivity index (χ3n) is 1.95. The van der Waals surface area contributed by atoms with Crippen LogP contribution in [0.2, 0.25) is 10.0 Å². The van der Waals surface area contributed by atoms with E-state index < -0.39 is 18.0 Å². The van der Waals surface area contributed by atoms with Crippen LogP contribution in [0.1, 0.15) is 6.92 Å². The van der Waals surface area contributed by atoms with Gasteiger partial charge in [-0.15, -0.1) is 11.8 Å². The molecule has 0 unspecified atom stereocenters. The fourth-order valence-corrected chi connectivity index (χ4v) is 2.29. The molecule has 18 heavy (non-hydrogen) atoms. The Balaban J connectivity index is 2.52. The minimum Gasteiger partial charge on any atom is -0.452 e. The van der Waals surface area contributed by atoms with Gasteiger partial charge in [-0.05, 0) is 25.1 Å². The van der Waals surface area contributed by atoms with Crippen LogP contribution in [0, 0.1) is 0 Å². The van der Waals surface area contributed by atoms with Gasteiger partial charge in [0, 0.05) is 9.92 Å². The first-order chi connectivity index (χ1) is 8.40. The molecule has 7 heteroatoms. The Morgan fingerprint density at radius 2 is 2.11 bits per heavy atom. The molecule has 0 fully saturated rings. The number of ether oxygens (including phenoxy) is 1. The molecule has 0 aromatic heterocycles. The average Bonchev–Trinajstić information content (AvgIpc) is 2.30. The molecule has 1 rings (SSSR count). The molecule has 0 spiro atoms. The molecule has 0 heterocycles. The Morgan fingerprint density at radius 3 is 2.72 bits per heavy atom. The SMILES string of the molecule is C[C@@H](OC(=O)CSc1cc(Cl)ccc1Cl)C(N)=O. The van der Waals surface area contributed by atoms with Crippen molar-refractivity contribution in [1.82, 2.24) is 0 Å². The lowest BCUT2D eigenvalue weighted by molar-refractivity contribution is -0.151. The number of esters is 1. The van der Waals surface area contributed by atoms with Crippen molar-refractivity contribution in [3.8, 4) is 0 Å². The minimum absolute atomic E-state index is 0.0255. The van der Waals surface area contributed by atoms with E-state index in [4.69, 9.17) is 33.7 Å². The van der Waals surface area contributed by atoms with Crippen molar-refractivity contribution in [3.63, 3.8) is 0 Å². The fraction of sp³-hybridized carbons (Fsp3) is 0.273. The van der Waals surface area contributed by atoms with Gasteiger partial charge in [0.15, 0.2) is 6.10 Å². The van der Waals surface area contributed by atoms with Gasteiger partial charge in [0.1, 0.15) is 0 Å². The van der Waals surface area contributed by atoms with Gasteiger partial charge in [-0.1, -0.05) is 23.2 Å². The van der Waals surface area contributed by atoms with Crippen molar-refractivity contribution >= 4 is 46.8 Å². The van der Waals surface area contributed by atoms with Crippen molar-refractivity contribution in [2.75, 3.05) is 5.75 Å². The minimum atomic E-state index is -0.937.